The van der Waals surface area contributed by atoms with E-state index in [1.54, 1.807) is 0 Å². The summed E-state index contributed by atoms with van der Waals surface area (Å²) in [4.78, 5) is 11.8. The number of carbonyl (C=O) groups excluding carboxylic acids is 1. The van der Waals surface area contributed by atoms with Gasteiger partial charge in [0.25, 0.3) is 0 Å². The predicted molar refractivity (Wildman–Crippen MR) is 66.8 cm³/mol. The number of nitrogens with one attached hydrogen (secondary N) is 1. The fourth-order valence-electron chi connectivity index (χ4n) is 2.02. The molecule has 1 aliphatic heterocycles. The first kappa shape index (κ1) is 14.8. The van der Waals surface area contributed by atoms with Gasteiger partial charge in [-0.3, -0.25) is 4.79 Å². The summed E-state index contributed by atoms with van der Waals surface area (Å²) in [6, 6.07) is 4.23. The lowest BCUT2D eigenvalue weighted by Gasteiger charge is -2.12. The molecule has 1 aliphatic rings. The Morgan fingerprint density at radius 3 is 2.55 bits per heavy atom. The summed E-state index contributed by atoms with van der Waals surface area (Å²) in [5.74, 6) is -1.58. The quantitative estimate of drug-likeness (QED) is 0.910. The minimum Gasteiger partial charge on any atom is -0.326 e. The van der Waals surface area contributed by atoms with Gasteiger partial charge in [0.2, 0.25) is 5.91 Å². The van der Waals surface area contributed by atoms with Gasteiger partial charge in [0, 0.05) is 5.69 Å². The van der Waals surface area contributed by atoms with Crippen LogP contribution in [0.25, 0.3) is 0 Å². The third kappa shape index (κ3) is 3.50. The van der Waals surface area contributed by atoms with Crippen molar-refractivity contribution in [3.8, 4) is 0 Å². The first-order valence-electron chi connectivity index (χ1n) is 5.86. The minimum absolute atomic E-state index is 0.00845. The first-order valence-corrected chi connectivity index (χ1v) is 7.68. The summed E-state index contributed by atoms with van der Waals surface area (Å²) in [5, 5.41) is 2.33. The van der Waals surface area contributed by atoms with Crippen molar-refractivity contribution >= 4 is 21.4 Å². The van der Waals surface area contributed by atoms with Crippen LogP contribution in [0, 0.1) is 5.92 Å². The number of anilines is 1. The third-order valence-electron chi connectivity index (χ3n) is 3.06. The van der Waals surface area contributed by atoms with Crippen molar-refractivity contribution in [3.05, 3.63) is 29.8 Å². The molecule has 0 aliphatic carbocycles. The molecule has 0 aromatic heterocycles. The average molecular weight is 307 g/mol. The monoisotopic (exact) mass is 307 g/mol. The summed E-state index contributed by atoms with van der Waals surface area (Å²) in [7, 11) is -3.21. The van der Waals surface area contributed by atoms with Gasteiger partial charge in [-0.15, -0.1) is 0 Å². The van der Waals surface area contributed by atoms with Crippen molar-refractivity contribution in [2.75, 3.05) is 16.8 Å². The molecule has 0 saturated carbocycles. The molecule has 1 fully saturated rings. The highest BCUT2D eigenvalue weighted by molar-refractivity contribution is 7.91. The Hall–Kier alpha value is -1.57. The number of hydrogen-bond acceptors (Lipinski definition) is 3. The molecule has 110 valence electrons. The number of alkyl halides is 3. The average Bonchev–Trinajstić information content (AvgIpc) is 2.69. The van der Waals surface area contributed by atoms with E-state index in [4.69, 9.17) is 0 Å². The Morgan fingerprint density at radius 1 is 1.30 bits per heavy atom. The second-order valence-corrected chi connectivity index (χ2v) is 6.90. The van der Waals surface area contributed by atoms with E-state index in [0.29, 0.717) is 0 Å². The SMILES string of the molecule is O=C(Nc1cccc(C(F)(F)F)c1)[C@@H]1CCS(=O)(=O)C1. The number of amides is 1. The molecular weight excluding hydrogens is 295 g/mol. The number of sulfone groups is 1. The Kier molecular flexibility index (Phi) is 3.77. The maximum atomic E-state index is 12.5. The molecule has 1 heterocycles. The normalized spacial score (nSPS) is 21.6. The maximum Gasteiger partial charge on any atom is 0.416 e. The van der Waals surface area contributed by atoms with Gasteiger partial charge >= 0.3 is 6.18 Å². The lowest BCUT2D eigenvalue weighted by Crippen LogP contribution is -2.23. The van der Waals surface area contributed by atoms with Crippen LogP contribution in [0.1, 0.15) is 12.0 Å². The maximum absolute atomic E-state index is 12.5. The van der Waals surface area contributed by atoms with Crippen LogP contribution >= 0.6 is 0 Å². The van der Waals surface area contributed by atoms with Crippen LogP contribution in [-0.2, 0) is 20.8 Å². The second-order valence-electron chi connectivity index (χ2n) is 4.67. The van der Waals surface area contributed by atoms with Gasteiger partial charge < -0.3 is 5.32 Å². The largest absolute Gasteiger partial charge is 0.416 e. The van der Waals surface area contributed by atoms with E-state index >= 15 is 0 Å². The van der Waals surface area contributed by atoms with Crippen LogP contribution in [0.5, 0.6) is 0 Å². The molecule has 4 nitrogen and oxygen atoms in total. The van der Waals surface area contributed by atoms with Crippen molar-refractivity contribution in [2.45, 2.75) is 12.6 Å². The number of rotatable bonds is 2. The van der Waals surface area contributed by atoms with Crippen LogP contribution in [0.2, 0.25) is 0 Å². The summed E-state index contributed by atoms with van der Waals surface area (Å²) in [6.45, 7) is 0. The van der Waals surface area contributed by atoms with E-state index in [9.17, 15) is 26.4 Å². The Labute approximate surface area is 113 Å². The lowest BCUT2D eigenvalue weighted by molar-refractivity contribution is -0.137. The molecule has 1 atom stereocenters. The summed E-state index contributed by atoms with van der Waals surface area (Å²) in [6.07, 6.45) is -4.29. The summed E-state index contributed by atoms with van der Waals surface area (Å²) in [5.41, 5.74) is -0.858. The topological polar surface area (TPSA) is 63.2 Å². The fraction of sp³-hybridized carbons (Fsp3) is 0.417. The van der Waals surface area contributed by atoms with E-state index in [1.165, 1.54) is 12.1 Å². The van der Waals surface area contributed by atoms with Crippen molar-refractivity contribution in [1.29, 1.82) is 0 Å². The van der Waals surface area contributed by atoms with Crippen LogP contribution < -0.4 is 5.32 Å². The standard InChI is InChI=1S/C12H12F3NO3S/c13-12(14,15)9-2-1-3-10(6-9)16-11(17)8-4-5-20(18,19)7-8/h1-3,6,8H,4-5,7H2,(H,16,17)/t8-/m1/s1. The van der Waals surface area contributed by atoms with Crippen molar-refractivity contribution in [2.24, 2.45) is 5.92 Å². The van der Waals surface area contributed by atoms with E-state index in [1.807, 2.05) is 0 Å². The molecule has 20 heavy (non-hydrogen) atoms. The molecule has 0 unspecified atom stereocenters. The first-order chi connectivity index (χ1) is 9.17. The summed E-state index contributed by atoms with van der Waals surface area (Å²) < 4.78 is 60.1. The van der Waals surface area contributed by atoms with Gasteiger partial charge in [0.15, 0.2) is 9.84 Å². The zero-order valence-corrected chi connectivity index (χ0v) is 11.1. The Balaban J connectivity index is 2.09. The van der Waals surface area contributed by atoms with Gasteiger partial charge in [-0.2, -0.15) is 13.2 Å². The highest BCUT2D eigenvalue weighted by atomic mass is 32.2. The molecule has 0 bridgehead atoms. The molecule has 0 radical (unpaired) electrons. The second kappa shape index (κ2) is 5.08. The molecule has 1 aromatic carbocycles. The van der Waals surface area contributed by atoms with E-state index < -0.39 is 33.4 Å². The van der Waals surface area contributed by atoms with Gasteiger partial charge in [-0.1, -0.05) is 6.07 Å². The molecular formula is C12H12F3NO3S. The Morgan fingerprint density at radius 2 is 2.00 bits per heavy atom. The molecule has 1 amide bonds. The highest BCUT2D eigenvalue weighted by Gasteiger charge is 2.34. The van der Waals surface area contributed by atoms with Gasteiger partial charge in [0.1, 0.15) is 0 Å². The van der Waals surface area contributed by atoms with E-state index in [0.717, 1.165) is 12.1 Å². The minimum atomic E-state index is -4.49. The number of halogens is 3. The number of hydrogen-bond donors (Lipinski definition) is 1. The molecule has 8 heteroatoms. The molecule has 0 spiro atoms. The molecule has 2 rings (SSSR count). The predicted octanol–water partition coefficient (Wildman–Crippen LogP) is 2.08. The van der Waals surface area contributed by atoms with Crippen LogP contribution in [-0.4, -0.2) is 25.8 Å². The molecule has 1 N–H and O–H groups in total. The van der Waals surface area contributed by atoms with E-state index in [2.05, 4.69) is 5.32 Å². The van der Waals surface area contributed by atoms with Crippen molar-refractivity contribution < 1.29 is 26.4 Å². The zero-order chi connectivity index (χ0) is 15.0. The molecule has 1 saturated heterocycles. The van der Waals surface area contributed by atoms with Gasteiger partial charge in [-0.25, -0.2) is 8.42 Å². The third-order valence-corrected chi connectivity index (χ3v) is 4.83. The van der Waals surface area contributed by atoms with Crippen LogP contribution in [0.15, 0.2) is 24.3 Å². The van der Waals surface area contributed by atoms with E-state index in [-0.39, 0.29) is 23.6 Å². The van der Waals surface area contributed by atoms with Crippen LogP contribution in [0.3, 0.4) is 0 Å². The van der Waals surface area contributed by atoms with Crippen molar-refractivity contribution in [1.82, 2.24) is 0 Å². The molecule has 1 aromatic rings. The van der Waals surface area contributed by atoms with Gasteiger partial charge in [-0.05, 0) is 24.6 Å². The number of benzene rings is 1. The zero-order valence-electron chi connectivity index (χ0n) is 10.3. The smallest absolute Gasteiger partial charge is 0.326 e. The highest BCUT2D eigenvalue weighted by Crippen LogP contribution is 2.31. The number of carbonyl (C=O) groups is 1. The summed E-state index contributed by atoms with van der Waals surface area (Å²) >= 11 is 0. The lowest BCUT2D eigenvalue weighted by atomic mass is 10.1. The van der Waals surface area contributed by atoms with Crippen LogP contribution in [0.4, 0.5) is 18.9 Å². The van der Waals surface area contributed by atoms with Gasteiger partial charge in [0.05, 0.1) is 23.0 Å². The fourth-order valence-corrected chi connectivity index (χ4v) is 3.76. The Bertz CT molecular complexity index is 625. The van der Waals surface area contributed by atoms with Crippen molar-refractivity contribution in [3.63, 3.8) is 0 Å².